The Labute approximate surface area is 138 Å². The average Bonchev–Trinajstić information content (AvgIpc) is 2.96. The van der Waals surface area contributed by atoms with E-state index in [0.29, 0.717) is 0 Å². The molecule has 2 heterocycles. The van der Waals surface area contributed by atoms with E-state index in [1.807, 2.05) is 66.3 Å². The zero-order valence-corrected chi connectivity index (χ0v) is 13.2. The monoisotopic (exact) mass is 316 g/mol. The van der Waals surface area contributed by atoms with Crippen LogP contribution in [0.2, 0.25) is 0 Å². The van der Waals surface area contributed by atoms with Crippen LogP contribution in [-0.4, -0.2) is 15.6 Å². The van der Waals surface area contributed by atoms with Gasteiger partial charge in [0.05, 0.1) is 11.4 Å². The lowest BCUT2D eigenvalue weighted by Crippen LogP contribution is -2.31. The Hall–Kier alpha value is -3.34. The molecule has 0 fully saturated rings. The van der Waals surface area contributed by atoms with Crippen molar-refractivity contribution in [1.82, 2.24) is 9.55 Å². The van der Waals surface area contributed by atoms with Crippen LogP contribution < -0.4 is 10.6 Å². The number of benzene rings is 2. The highest BCUT2D eigenvalue weighted by molar-refractivity contribution is 6.07. The number of primary amides is 1. The smallest absolute Gasteiger partial charge is 0.323 e. The molecule has 0 aliphatic rings. The summed E-state index contributed by atoms with van der Waals surface area (Å²) in [6, 6.07) is 15.0. The molecule has 0 aliphatic heterocycles. The molecule has 2 N–H and O–H groups in total. The summed E-state index contributed by atoms with van der Waals surface area (Å²) in [7, 11) is 1.99. The second-order valence-electron chi connectivity index (χ2n) is 5.72. The van der Waals surface area contributed by atoms with Gasteiger partial charge in [0, 0.05) is 47.3 Å². The van der Waals surface area contributed by atoms with Gasteiger partial charge in [0.15, 0.2) is 0 Å². The fourth-order valence-corrected chi connectivity index (χ4v) is 3.09. The Morgan fingerprint density at radius 3 is 2.83 bits per heavy atom. The predicted molar refractivity (Wildman–Crippen MR) is 96.4 cm³/mol. The van der Waals surface area contributed by atoms with Crippen molar-refractivity contribution in [2.75, 3.05) is 4.90 Å². The zero-order valence-electron chi connectivity index (χ0n) is 13.2. The number of aryl methyl sites for hydroxylation is 1. The van der Waals surface area contributed by atoms with Gasteiger partial charge in [-0.05, 0) is 36.4 Å². The van der Waals surface area contributed by atoms with Crippen molar-refractivity contribution in [2.45, 2.75) is 0 Å². The van der Waals surface area contributed by atoms with Crippen molar-refractivity contribution in [3.63, 3.8) is 0 Å². The lowest BCUT2D eigenvalue weighted by atomic mass is 10.1. The van der Waals surface area contributed by atoms with Crippen molar-refractivity contribution in [3.8, 4) is 0 Å². The van der Waals surface area contributed by atoms with Crippen LogP contribution in [0.1, 0.15) is 0 Å². The van der Waals surface area contributed by atoms with Crippen LogP contribution in [0.15, 0.2) is 67.1 Å². The van der Waals surface area contributed by atoms with Gasteiger partial charge in [0.1, 0.15) is 0 Å². The third kappa shape index (κ3) is 2.18. The average molecular weight is 316 g/mol. The zero-order chi connectivity index (χ0) is 16.7. The van der Waals surface area contributed by atoms with Gasteiger partial charge in [0.2, 0.25) is 0 Å². The third-order valence-corrected chi connectivity index (χ3v) is 4.25. The summed E-state index contributed by atoms with van der Waals surface area (Å²) in [6.45, 7) is 0. The van der Waals surface area contributed by atoms with Crippen molar-refractivity contribution in [2.24, 2.45) is 12.8 Å². The van der Waals surface area contributed by atoms with Crippen LogP contribution in [0.5, 0.6) is 0 Å². The van der Waals surface area contributed by atoms with Crippen LogP contribution >= 0.6 is 0 Å². The van der Waals surface area contributed by atoms with Crippen LogP contribution in [-0.2, 0) is 7.05 Å². The number of aromatic nitrogens is 2. The van der Waals surface area contributed by atoms with Gasteiger partial charge in [-0.1, -0.05) is 12.1 Å². The molecule has 2 aromatic heterocycles. The quantitative estimate of drug-likeness (QED) is 0.608. The van der Waals surface area contributed by atoms with Crippen LogP contribution in [0, 0.1) is 0 Å². The Bertz CT molecular complexity index is 1060. The van der Waals surface area contributed by atoms with E-state index in [4.69, 9.17) is 5.73 Å². The molecule has 0 bridgehead atoms. The van der Waals surface area contributed by atoms with E-state index in [1.54, 1.807) is 12.4 Å². The van der Waals surface area contributed by atoms with E-state index in [-0.39, 0.29) is 0 Å². The number of nitrogens with two attached hydrogens (primary N) is 1. The van der Waals surface area contributed by atoms with E-state index >= 15 is 0 Å². The lowest BCUT2D eigenvalue weighted by molar-refractivity contribution is 0.256. The maximum atomic E-state index is 12.2. The standard InChI is InChI=1S/C19H16N4O/c1-22-10-8-13-11-15(5-6-17(13)22)23(19(20)24)18-4-2-3-14-12-21-9-7-16(14)18/h2-12H,1H3,(H2,20,24). The molecule has 0 atom stereocenters. The molecule has 118 valence electrons. The Kier molecular flexibility index (Phi) is 3.20. The molecular weight excluding hydrogens is 300 g/mol. The topological polar surface area (TPSA) is 64.2 Å². The van der Waals surface area contributed by atoms with Crippen molar-refractivity contribution in [3.05, 3.63) is 67.1 Å². The van der Waals surface area contributed by atoms with E-state index in [2.05, 4.69) is 4.98 Å². The number of hydrogen-bond acceptors (Lipinski definition) is 2. The first-order valence-corrected chi connectivity index (χ1v) is 7.62. The SMILES string of the molecule is Cn1ccc2cc(N(C(N)=O)c3cccc4cnccc34)ccc21. The highest BCUT2D eigenvalue weighted by Gasteiger charge is 2.18. The molecule has 0 saturated carbocycles. The predicted octanol–water partition coefficient (Wildman–Crippen LogP) is 3.94. The van der Waals surface area contributed by atoms with E-state index in [1.165, 1.54) is 4.90 Å². The molecule has 0 spiro atoms. The van der Waals surface area contributed by atoms with Gasteiger partial charge in [-0.2, -0.15) is 0 Å². The van der Waals surface area contributed by atoms with Gasteiger partial charge in [-0.3, -0.25) is 9.88 Å². The largest absolute Gasteiger partial charge is 0.351 e. The Balaban J connectivity index is 1.94. The number of pyridine rings is 1. The van der Waals surface area contributed by atoms with E-state index in [9.17, 15) is 4.79 Å². The number of nitrogens with zero attached hydrogens (tertiary/aromatic N) is 3. The maximum absolute atomic E-state index is 12.2. The second kappa shape index (κ2) is 5.38. The van der Waals surface area contributed by atoms with E-state index in [0.717, 1.165) is 33.1 Å². The van der Waals surface area contributed by atoms with Gasteiger partial charge in [-0.25, -0.2) is 4.79 Å². The minimum atomic E-state index is -0.519. The van der Waals surface area contributed by atoms with Crippen LogP contribution in [0.4, 0.5) is 16.2 Å². The van der Waals surface area contributed by atoms with Crippen molar-refractivity contribution < 1.29 is 4.79 Å². The highest BCUT2D eigenvalue weighted by atomic mass is 16.2. The first kappa shape index (κ1) is 14.3. The fourth-order valence-electron chi connectivity index (χ4n) is 3.09. The molecule has 2 aromatic carbocycles. The van der Waals surface area contributed by atoms with Crippen molar-refractivity contribution in [1.29, 1.82) is 0 Å². The summed E-state index contributed by atoms with van der Waals surface area (Å²) in [5.74, 6) is 0. The molecule has 4 rings (SSSR count). The summed E-state index contributed by atoms with van der Waals surface area (Å²) in [5.41, 5.74) is 8.30. The molecule has 5 nitrogen and oxygen atoms in total. The summed E-state index contributed by atoms with van der Waals surface area (Å²) in [4.78, 5) is 17.9. The Morgan fingerprint density at radius 2 is 2.00 bits per heavy atom. The van der Waals surface area contributed by atoms with Crippen LogP contribution in [0.25, 0.3) is 21.7 Å². The van der Waals surface area contributed by atoms with E-state index < -0.39 is 6.03 Å². The number of carbonyl (C=O) groups is 1. The van der Waals surface area contributed by atoms with Gasteiger partial charge < -0.3 is 10.3 Å². The molecule has 0 saturated heterocycles. The Morgan fingerprint density at radius 1 is 1.12 bits per heavy atom. The summed E-state index contributed by atoms with van der Waals surface area (Å²) >= 11 is 0. The number of fused-ring (bicyclic) bond motifs is 2. The first-order chi connectivity index (χ1) is 11.6. The number of hydrogen-bond donors (Lipinski definition) is 1. The molecule has 0 radical (unpaired) electrons. The normalized spacial score (nSPS) is 11.0. The molecule has 0 unspecified atom stereocenters. The minimum Gasteiger partial charge on any atom is -0.351 e. The lowest BCUT2D eigenvalue weighted by Gasteiger charge is -2.22. The minimum absolute atomic E-state index is 0.519. The van der Waals surface area contributed by atoms with Gasteiger partial charge in [0.25, 0.3) is 0 Å². The number of rotatable bonds is 2. The molecular formula is C19H16N4O. The van der Waals surface area contributed by atoms with Gasteiger partial charge >= 0.3 is 6.03 Å². The third-order valence-electron chi connectivity index (χ3n) is 4.25. The van der Waals surface area contributed by atoms with Crippen LogP contribution in [0.3, 0.4) is 0 Å². The molecule has 2 amide bonds. The summed E-state index contributed by atoms with van der Waals surface area (Å²) < 4.78 is 2.04. The highest BCUT2D eigenvalue weighted by Crippen LogP contribution is 2.33. The number of carbonyl (C=O) groups excluding carboxylic acids is 1. The second-order valence-corrected chi connectivity index (χ2v) is 5.72. The fraction of sp³-hybridized carbons (Fsp3) is 0.0526. The number of anilines is 2. The molecule has 5 heteroatoms. The van der Waals surface area contributed by atoms with Gasteiger partial charge in [-0.15, -0.1) is 0 Å². The number of urea groups is 1. The maximum Gasteiger partial charge on any atom is 0.323 e. The number of amides is 2. The first-order valence-electron chi connectivity index (χ1n) is 7.62. The van der Waals surface area contributed by atoms with Crippen molar-refractivity contribution >= 4 is 39.1 Å². The summed E-state index contributed by atoms with van der Waals surface area (Å²) in [5, 5.41) is 2.95. The summed E-state index contributed by atoms with van der Waals surface area (Å²) in [6.07, 6.45) is 5.48. The molecule has 4 aromatic rings. The molecule has 0 aliphatic carbocycles. The molecule has 24 heavy (non-hydrogen) atoms.